The first kappa shape index (κ1) is 14.9. The van der Waals surface area contributed by atoms with Gasteiger partial charge in [-0.3, -0.25) is 15.0 Å². The van der Waals surface area contributed by atoms with Gasteiger partial charge >= 0.3 is 6.09 Å². The highest BCUT2D eigenvalue weighted by atomic mass is 16.5. The monoisotopic (exact) mass is 257 g/mol. The third-order valence-electron chi connectivity index (χ3n) is 3.25. The number of nitrogens with zero attached hydrogens (tertiary/aromatic N) is 1. The number of carbonyl (C=O) groups is 2. The molecular weight excluding hydrogens is 234 g/mol. The molecule has 0 aromatic carbocycles. The maximum atomic E-state index is 11.6. The summed E-state index contributed by atoms with van der Waals surface area (Å²) in [5, 5.41) is 5.33. The van der Waals surface area contributed by atoms with Crippen molar-refractivity contribution in [2.24, 2.45) is 0 Å². The Balaban J connectivity index is 2.40. The lowest BCUT2D eigenvalue weighted by Crippen LogP contribution is -2.47. The Kier molecular flexibility index (Phi) is 6.67. The lowest BCUT2D eigenvalue weighted by atomic mass is 9.99. The van der Waals surface area contributed by atoms with Crippen LogP contribution in [0.4, 0.5) is 4.79 Å². The summed E-state index contributed by atoms with van der Waals surface area (Å²) in [6.07, 6.45) is 3.78. The summed E-state index contributed by atoms with van der Waals surface area (Å²) in [4.78, 5) is 24.7. The van der Waals surface area contributed by atoms with Gasteiger partial charge < -0.3 is 10.1 Å². The Hall–Kier alpha value is -1.14. The molecule has 0 aliphatic carbocycles. The van der Waals surface area contributed by atoms with E-state index in [-0.39, 0.29) is 12.5 Å². The van der Waals surface area contributed by atoms with Gasteiger partial charge in [-0.2, -0.15) is 0 Å². The predicted octanol–water partition coefficient (Wildman–Crippen LogP) is 0.333. The third kappa shape index (κ3) is 5.01. The molecule has 1 heterocycles. The molecule has 0 bridgehead atoms. The van der Waals surface area contributed by atoms with Crippen LogP contribution >= 0.6 is 0 Å². The molecule has 0 spiro atoms. The van der Waals surface area contributed by atoms with Crippen LogP contribution in [0.5, 0.6) is 0 Å². The van der Waals surface area contributed by atoms with E-state index in [1.54, 1.807) is 0 Å². The van der Waals surface area contributed by atoms with Gasteiger partial charge in [-0.1, -0.05) is 6.42 Å². The molecule has 18 heavy (non-hydrogen) atoms. The molecule has 1 aliphatic heterocycles. The Morgan fingerprint density at radius 2 is 2.17 bits per heavy atom. The van der Waals surface area contributed by atoms with Gasteiger partial charge in [-0.15, -0.1) is 0 Å². The quantitative estimate of drug-likeness (QED) is 0.743. The molecule has 1 unspecified atom stereocenters. The van der Waals surface area contributed by atoms with Crippen molar-refractivity contribution in [2.75, 3.05) is 33.8 Å². The smallest absolute Gasteiger partial charge is 0.413 e. The number of imide groups is 1. The summed E-state index contributed by atoms with van der Waals surface area (Å²) in [6, 6.07) is 0.426. The molecule has 1 atom stereocenters. The molecule has 1 rings (SSSR count). The molecular formula is C12H23N3O3. The van der Waals surface area contributed by atoms with Gasteiger partial charge in [0.15, 0.2) is 0 Å². The largest absolute Gasteiger partial charge is 0.453 e. The molecule has 0 aromatic heterocycles. The Morgan fingerprint density at radius 1 is 1.39 bits per heavy atom. The fourth-order valence-electron chi connectivity index (χ4n) is 2.29. The lowest BCUT2D eigenvalue weighted by molar-refractivity contribution is -0.122. The number of carbonyl (C=O) groups excluding carboxylic acids is 2. The number of piperidine rings is 1. The minimum absolute atomic E-state index is 0.267. The summed E-state index contributed by atoms with van der Waals surface area (Å²) in [5.41, 5.74) is 0. The van der Waals surface area contributed by atoms with E-state index >= 15 is 0 Å². The van der Waals surface area contributed by atoms with Gasteiger partial charge in [0.25, 0.3) is 0 Å². The molecule has 104 valence electrons. The van der Waals surface area contributed by atoms with E-state index in [2.05, 4.69) is 20.3 Å². The zero-order chi connectivity index (χ0) is 13.4. The van der Waals surface area contributed by atoms with Crippen LogP contribution in [0.2, 0.25) is 0 Å². The van der Waals surface area contributed by atoms with E-state index in [9.17, 15) is 9.59 Å². The van der Waals surface area contributed by atoms with E-state index in [0.717, 1.165) is 32.4 Å². The number of hydrogen-bond acceptors (Lipinski definition) is 5. The average Bonchev–Trinajstić information content (AvgIpc) is 2.37. The minimum Gasteiger partial charge on any atom is -0.453 e. The van der Waals surface area contributed by atoms with Crippen LogP contribution in [0.15, 0.2) is 0 Å². The first-order chi connectivity index (χ1) is 8.67. The van der Waals surface area contributed by atoms with Crippen molar-refractivity contribution < 1.29 is 14.3 Å². The van der Waals surface area contributed by atoms with Crippen molar-refractivity contribution in [1.29, 1.82) is 0 Å². The minimum atomic E-state index is -0.691. The summed E-state index contributed by atoms with van der Waals surface area (Å²) in [7, 11) is 3.18. The van der Waals surface area contributed by atoms with Crippen LogP contribution in [0.25, 0.3) is 0 Å². The number of rotatable bonds is 5. The molecule has 6 nitrogen and oxygen atoms in total. The molecule has 1 aliphatic rings. The van der Waals surface area contributed by atoms with Crippen LogP contribution in [0.1, 0.15) is 25.7 Å². The van der Waals surface area contributed by atoms with Gasteiger partial charge in [-0.05, 0) is 39.4 Å². The van der Waals surface area contributed by atoms with E-state index < -0.39 is 6.09 Å². The normalized spacial score (nSPS) is 20.4. The third-order valence-corrected chi connectivity index (χ3v) is 3.25. The van der Waals surface area contributed by atoms with E-state index in [0.29, 0.717) is 6.04 Å². The van der Waals surface area contributed by atoms with Crippen LogP contribution < -0.4 is 10.6 Å². The van der Waals surface area contributed by atoms with E-state index in [1.807, 2.05) is 7.05 Å². The van der Waals surface area contributed by atoms with E-state index in [1.165, 1.54) is 13.5 Å². The van der Waals surface area contributed by atoms with Crippen LogP contribution in [-0.2, 0) is 9.53 Å². The molecule has 1 fully saturated rings. The molecule has 2 amide bonds. The average molecular weight is 257 g/mol. The number of nitrogens with one attached hydrogen (secondary N) is 2. The van der Waals surface area contributed by atoms with Gasteiger partial charge in [0.2, 0.25) is 5.91 Å². The summed E-state index contributed by atoms with van der Waals surface area (Å²) >= 11 is 0. The standard InChI is InChI=1S/C12H23N3O3/c1-13-7-6-10-5-3-4-8-15(10)9-11(16)14-12(17)18-2/h10,13H,3-9H2,1-2H3,(H,14,16,17). The number of alkyl carbamates (subject to hydrolysis) is 1. The van der Waals surface area contributed by atoms with Gasteiger partial charge in [0, 0.05) is 6.04 Å². The number of methoxy groups -OCH3 is 1. The van der Waals surface area contributed by atoms with Crippen molar-refractivity contribution in [3.8, 4) is 0 Å². The Labute approximate surface area is 108 Å². The summed E-state index contributed by atoms with van der Waals surface area (Å²) in [5.74, 6) is -0.293. The van der Waals surface area contributed by atoms with Crippen molar-refractivity contribution in [2.45, 2.75) is 31.7 Å². The molecule has 0 aromatic rings. The second-order valence-corrected chi connectivity index (χ2v) is 4.55. The summed E-state index contributed by atoms with van der Waals surface area (Å²) in [6.45, 7) is 2.13. The Bertz CT molecular complexity index is 284. The highest BCUT2D eigenvalue weighted by Crippen LogP contribution is 2.18. The van der Waals surface area contributed by atoms with Crippen molar-refractivity contribution in [1.82, 2.24) is 15.5 Å². The van der Waals surface area contributed by atoms with Gasteiger partial charge in [0.05, 0.1) is 13.7 Å². The fourth-order valence-corrected chi connectivity index (χ4v) is 2.29. The van der Waals surface area contributed by atoms with Crippen LogP contribution in [-0.4, -0.2) is 56.7 Å². The molecule has 2 N–H and O–H groups in total. The maximum absolute atomic E-state index is 11.6. The van der Waals surface area contributed by atoms with Crippen LogP contribution in [0.3, 0.4) is 0 Å². The highest BCUT2D eigenvalue weighted by Gasteiger charge is 2.24. The van der Waals surface area contributed by atoms with Gasteiger partial charge in [-0.25, -0.2) is 4.79 Å². The lowest BCUT2D eigenvalue weighted by Gasteiger charge is -2.35. The predicted molar refractivity (Wildman–Crippen MR) is 68.3 cm³/mol. The number of ether oxygens (including phenoxy) is 1. The SMILES string of the molecule is CNCCC1CCCCN1CC(=O)NC(=O)OC. The second-order valence-electron chi connectivity index (χ2n) is 4.55. The van der Waals surface area contributed by atoms with E-state index in [4.69, 9.17) is 0 Å². The topological polar surface area (TPSA) is 70.7 Å². The van der Waals surface area contributed by atoms with Crippen LogP contribution in [0, 0.1) is 0 Å². The zero-order valence-corrected chi connectivity index (χ0v) is 11.2. The van der Waals surface area contributed by atoms with Crippen molar-refractivity contribution in [3.63, 3.8) is 0 Å². The fraction of sp³-hybridized carbons (Fsp3) is 0.833. The van der Waals surface area contributed by atoms with Gasteiger partial charge in [0.1, 0.15) is 0 Å². The highest BCUT2D eigenvalue weighted by molar-refractivity contribution is 5.92. The molecule has 0 saturated carbocycles. The molecule has 6 heteroatoms. The summed E-state index contributed by atoms with van der Waals surface area (Å²) < 4.78 is 4.40. The first-order valence-corrected chi connectivity index (χ1v) is 6.43. The molecule has 1 saturated heterocycles. The first-order valence-electron chi connectivity index (χ1n) is 6.43. The number of likely N-dealkylation sites (tertiary alicyclic amines) is 1. The number of amides is 2. The van der Waals surface area contributed by atoms with Crippen molar-refractivity contribution in [3.05, 3.63) is 0 Å². The maximum Gasteiger partial charge on any atom is 0.413 e. The van der Waals surface area contributed by atoms with Crippen molar-refractivity contribution >= 4 is 12.0 Å². The second kappa shape index (κ2) is 8.05. The number of hydrogen-bond donors (Lipinski definition) is 2. The zero-order valence-electron chi connectivity index (χ0n) is 11.2. The Morgan fingerprint density at radius 3 is 2.83 bits per heavy atom. The molecule has 0 radical (unpaired) electrons.